The molecule has 5 heteroatoms. The predicted molar refractivity (Wildman–Crippen MR) is 74.4 cm³/mol. The lowest BCUT2D eigenvalue weighted by Gasteiger charge is -2.05. The van der Waals surface area contributed by atoms with Gasteiger partial charge in [0.2, 0.25) is 0 Å². The van der Waals surface area contributed by atoms with E-state index in [1.807, 2.05) is 12.1 Å². The van der Waals surface area contributed by atoms with Crippen LogP contribution in [0.5, 0.6) is 0 Å². The number of hydrogen-bond donors (Lipinski definition) is 1. The van der Waals surface area contributed by atoms with E-state index in [4.69, 9.17) is 16.7 Å². The molecule has 0 aliphatic carbocycles. The summed E-state index contributed by atoms with van der Waals surface area (Å²) in [4.78, 5) is 11.2. The number of carbonyl (C=O) groups is 1. The van der Waals surface area contributed by atoms with E-state index in [-0.39, 0.29) is 5.56 Å². The highest BCUT2D eigenvalue weighted by Gasteiger charge is 2.09. The van der Waals surface area contributed by atoms with Crippen LogP contribution in [0.15, 0.2) is 47.4 Å². The van der Waals surface area contributed by atoms with Gasteiger partial charge < -0.3 is 5.11 Å². The third-order valence-electron chi connectivity index (χ3n) is 2.46. The van der Waals surface area contributed by atoms with Crippen LogP contribution >= 0.6 is 23.4 Å². The number of rotatable bonds is 4. The molecule has 2 aromatic carbocycles. The molecule has 0 fully saturated rings. The lowest BCUT2D eigenvalue weighted by atomic mass is 10.2. The van der Waals surface area contributed by atoms with E-state index in [1.54, 1.807) is 12.1 Å². The Labute approximate surface area is 119 Å². The molecule has 2 rings (SSSR count). The zero-order valence-electron chi connectivity index (χ0n) is 9.77. The molecule has 0 bridgehead atoms. The Kier molecular flexibility index (Phi) is 4.45. The smallest absolute Gasteiger partial charge is 0.335 e. The Bertz CT molecular complexity index is 616. The molecule has 2 aromatic rings. The van der Waals surface area contributed by atoms with Gasteiger partial charge in [-0.05, 0) is 35.9 Å². The Morgan fingerprint density at radius 1 is 1.26 bits per heavy atom. The fourth-order valence-electron chi connectivity index (χ4n) is 1.53. The summed E-state index contributed by atoms with van der Waals surface area (Å²) in [6.07, 6.45) is 0. The Morgan fingerprint density at radius 3 is 2.74 bits per heavy atom. The van der Waals surface area contributed by atoms with Crippen molar-refractivity contribution in [1.82, 2.24) is 0 Å². The minimum Gasteiger partial charge on any atom is -0.478 e. The van der Waals surface area contributed by atoms with E-state index in [1.165, 1.54) is 30.0 Å². The van der Waals surface area contributed by atoms with Gasteiger partial charge in [-0.25, -0.2) is 9.18 Å². The van der Waals surface area contributed by atoms with Gasteiger partial charge in [0.05, 0.1) is 5.56 Å². The van der Waals surface area contributed by atoms with Crippen molar-refractivity contribution in [3.8, 4) is 0 Å². The maximum atomic E-state index is 13.6. The van der Waals surface area contributed by atoms with E-state index in [0.717, 1.165) is 5.56 Å². The molecule has 0 saturated carbocycles. The number of halogens is 2. The average Bonchev–Trinajstić information content (AvgIpc) is 2.37. The van der Waals surface area contributed by atoms with Crippen LogP contribution in [-0.2, 0) is 5.75 Å². The molecule has 0 amide bonds. The zero-order chi connectivity index (χ0) is 13.8. The molecule has 0 heterocycles. The molecule has 0 aromatic heterocycles. The van der Waals surface area contributed by atoms with Crippen molar-refractivity contribution in [2.24, 2.45) is 0 Å². The largest absolute Gasteiger partial charge is 0.478 e. The van der Waals surface area contributed by atoms with Crippen LogP contribution in [0.3, 0.4) is 0 Å². The molecule has 2 nitrogen and oxygen atoms in total. The van der Waals surface area contributed by atoms with Crippen LogP contribution in [0.1, 0.15) is 15.9 Å². The summed E-state index contributed by atoms with van der Waals surface area (Å²) in [7, 11) is 0. The molecule has 0 radical (unpaired) electrons. The Hall–Kier alpha value is -1.52. The van der Waals surface area contributed by atoms with Crippen molar-refractivity contribution in [2.45, 2.75) is 10.6 Å². The van der Waals surface area contributed by atoms with E-state index in [2.05, 4.69) is 0 Å². The van der Waals surface area contributed by atoms with E-state index in [0.29, 0.717) is 15.7 Å². The molecule has 98 valence electrons. The van der Waals surface area contributed by atoms with Gasteiger partial charge in [-0.2, -0.15) is 0 Å². The minimum atomic E-state index is -1.07. The summed E-state index contributed by atoms with van der Waals surface area (Å²) < 4.78 is 13.6. The summed E-state index contributed by atoms with van der Waals surface area (Å²) in [5.74, 6) is -0.956. The second-order valence-corrected chi connectivity index (χ2v) is 5.32. The van der Waals surface area contributed by atoms with Crippen LogP contribution in [0.4, 0.5) is 4.39 Å². The molecule has 0 atom stereocenters. The molecule has 0 spiro atoms. The quantitative estimate of drug-likeness (QED) is 0.846. The SMILES string of the molecule is O=C(O)c1ccc(F)c(SCc2cccc(Cl)c2)c1. The van der Waals surface area contributed by atoms with Crippen molar-refractivity contribution in [3.63, 3.8) is 0 Å². The first-order chi connectivity index (χ1) is 9.06. The third kappa shape index (κ3) is 3.72. The highest BCUT2D eigenvalue weighted by atomic mass is 35.5. The zero-order valence-corrected chi connectivity index (χ0v) is 11.3. The molecular formula is C14H10ClFO2S. The molecule has 0 saturated heterocycles. The lowest BCUT2D eigenvalue weighted by molar-refractivity contribution is 0.0696. The first kappa shape index (κ1) is 13.9. The summed E-state index contributed by atoms with van der Waals surface area (Å²) >= 11 is 7.11. The second kappa shape index (κ2) is 6.08. The third-order valence-corrected chi connectivity index (χ3v) is 3.80. The predicted octanol–water partition coefficient (Wildman–Crippen LogP) is 4.47. The van der Waals surface area contributed by atoms with Crippen molar-refractivity contribution in [3.05, 3.63) is 64.4 Å². The molecule has 0 unspecified atom stereocenters. The number of thioether (sulfide) groups is 1. The van der Waals surface area contributed by atoms with Crippen LogP contribution in [0, 0.1) is 5.82 Å². The topological polar surface area (TPSA) is 37.3 Å². The Balaban J connectivity index is 2.15. The van der Waals surface area contributed by atoms with Gasteiger partial charge in [0.1, 0.15) is 5.82 Å². The summed E-state index contributed by atoms with van der Waals surface area (Å²) in [5.41, 5.74) is 1.03. The molecule has 0 aliphatic heterocycles. The monoisotopic (exact) mass is 296 g/mol. The van der Waals surface area contributed by atoms with Gasteiger partial charge in [-0.1, -0.05) is 23.7 Å². The minimum absolute atomic E-state index is 0.0787. The van der Waals surface area contributed by atoms with Gasteiger partial charge in [-0.15, -0.1) is 11.8 Å². The summed E-state index contributed by atoms with van der Waals surface area (Å²) in [5, 5.41) is 9.50. The van der Waals surface area contributed by atoms with E-state index < -0.39 is 11.8 Å². The van der Waals surface area contributed by atoms with Gasteiger partial charge >= 0.3 is 5.97 Å². The van der Waals surface area contributed by atoms with Gasteiger partial charge in [-0.3, -0.25) is 0 Å². The maximum Gasteiger partial charge on any atom is 0.335 e. The van der Waals surface area contributed by atoms with Crippen LogP contribution < -0.4 is 0 Å². The molecule has 1 N–H and O–H groups in total. The molecule has 19 heavy (non-hydrogen) atoms. The van der Waals surface area contributed by atoms with Crippen molar-refractivity contribution in [2.75, 3.05) is 0 Å². The molecular weight excluding hydrogens is 287 g/mol. The van der Waals surface area contributed by atoms with Crippen LogP contribution in [-0.4, -0.2) is 11.1 Å². The highest BCUT2D eigenvalue weighted by molar-refractivity contribution is 7.98. The number of carboxylic acids is 1. The maximum absolute atomic E-state index is 13.6. The molecule has 0 aliphatic rings. The first-order valence-electron chi connectivity index (χ1n) is 5.46. The summed E-state index contributed by atoms with van der Waals surface area (Å²) in [6, 6.07) is 11.0. The second-order valence-electron chi connectivity index (χ2n) is 3.87. The fraction of sp³-hybridized carbons (Fsp3) is 0.0714. The van der Waals surface area contributed by atoms with Crippen molar-refractivity contribution in [1.29, 1.82) is 0 Å². The van der Waals surface area contributed by atoms with Gasteiger partial charge in [0.25, 0.3) is 0 Å². The van der Waals surface area contributed by atoms with E-state index >= 15 is 0 Å². The summed E-state index contributed by atoms with van der Waals surface area (Å²) in [6.45, 7) is 0. The number of hydrogen-bond acceptors (Lipinski definition) is 2. The van der Waals surface area contributed by atoms with E-state index in [9.17, 15) is 9.18 Å². The lowest BCUT2D eigenvalue weighted by Crippen LogP contribution is -1.97. The standard InChI is InChI=1S/C14H10ClFO2S/c15-11-3-1-2-9(6-11)8-19-13-7-10(14(17)18)4-5-12(13)16/h1-7H,8H2,(H,17,18). The number of benzene rings is 2. The van der Waals surface area contributed by atoms with Crippen molar-refractivity contribution < 1.29 is 14.3 Å². The fourth-order valence-corrected chi connectivity index (χ4v) is 2.67. The number of carboxylic acid groups (broad SMARTS) is 1. The van der Waals surface area contributed by atoms with Gasteiger partial charge in [0, 0.05) is 15.7 Å². The highest BCUT2D eigenvalue weighted by Crippen LogP contribution is 2.27. The first-order valence-corrected chi connectivity index (χ1v) is 6.83. The Morgan fingerprint density at radius 2 is 2.05 bits per heavy atom. The van der Waals surface area contributed by atoms with Gasteiger partial charge in [0.15, 0.2) is 0 Å². The average molecular weight is 297 g/mol. The van der Waals surface area contributed by atoms with Crippen LogP contribution in [0.2, 0.25) is 5.02 Å². The van der Waals surface area contributed by atoms with Crippen molar-refractivity contribution >= 4 is 29.3 Å². The number of aromatic carboxylic acids is 1. The normalized spacial score (nSPS) is 10.4. The van der Waals surface area contributed by atoms with Crippen LogP contribution in [0.25, 0.3) is 0 Å².